The third-order valence-corrected chi connectivity index (χ3v) is 4.55. The Morgan fingerprint density at radius 1 is 0.533 bits per heavy atom. The van der Waals surface area contributed by atoms with E-state index < -0.39 is 0 Å². The third kappa shape index (κ3) is 2.34. The lowest BCUT2D eigenvalue weighted by molar-refractivity contribution is 1.27. The summed E-state index contributed by atoms with van der Waals surface area (Å²) in [5.74, 6) is 2.35. The van der Waals surface area contributed by atoms with Gasteiger partial charge in [-0.3, -0.25) is 0 Å². The lowest BCUT2D eigenvalue weighted by Crippen LogP contribution is -2.00. The largest absolute Gasteiger partial charge is 0.236 e. The number of fused-ring (bicyclic) bond motifs is 6. The summed E-state index contributed by atoms with van der Waals surface area (Å²) >= 11 is 0. The normalized spacial score (nSPS) is 9.80. The zero-order valence-corrected chi connectivity index (χ0v) is 14.9. The van der Waals surface area contributed by atoms with Crippen molar-refractivity contribution in [1.82, 2.24) is 15.0 Å². The molecular weight excluding hydrogens is 376 g/mol. The van der Waals surface area contributed by atoms with Crippen LogP contribution in [0.5, 0.6) is 0 Å². The van der Waals surface area contributed by atoms with Crippen molar-refractivity contribution in [3.05, 3.63) is 52.0 Å². The quantitative estimate of drug-likeness (QED) is 0.332. The predicted octanol–water partition coefficient (Wildman–Crippen LogP) is 2.67. The lowest BCUT2D eigenvalue weighted by Gasteiger charge is -2.11. The molecule has 0 aliphatic carbocycles. The summed E-state index contributed by atoms with van der Waals surface area (Å²) in [7, 11) is 0. The molecule has 30 heavy (non-hydrogen) atoms. The van der Waals surface area contributed by atoms with Gasteiger partial charge in [0.15, 0.2) is 11.4 Å². The number of nitrogens with zero attached hydrogens (tertiary/aromatic N) is 8. The minimum absolute atomic E-state index is 0.0411. The SMILES string of the molecule is C#Cc1nc2c(cc1C#N)c1nc(C#N)c(C#N)cc1c1cc(C#N)c(C#N)nc12. The van der Waals surface area contributed by atoms with Crippen molar-refractivity contribution in [2.24, 2.45) is 0 Å². The summed E-state index contributed by atoms with van der Waals surface area (Å²) in [6.45, 7) is 0. The number of nitriles is 5. The van der Waals surface area contributed by atoms with Gasteiger partial charge < -0.3 is 0 Å². The third-order valence-electron chi connectivity index (χ3n) is 4.55. The van der Waals surface area contributed by atoms with Crippen molar-refractivity contribution < 1.29 is 0 Å². The van der Waals surface area contributed by atoms with Crippen LogP contribution in [0.3, 0.4) is 0 Å². The van der Waals surface area contributed by atoms with Crippen LogP contribution in [0.25, 0.3) is 32.7 Å². The van der Waals surface area contributed by atoms with Crippen LogP contribution in [0.2, 0.25) is 0 Å². The number of aromatic nitrogens is 3. The summed E-state index contributed by atoms with van der Waals surface area (Å²) in [6, 6.07) is 14.0. The molecule has 0 N–H and O–H groups in total. The highest BCUT2D eigenvalue weighted by Gasteiger charge is 2.19. The van der Waals surface area contributed by atoms with E-state index in [-0.39, 0.29) is 44.8 Å². The Labute approximate surface area is 169 Å². The molecule has 0 bridgehead atoms. The van der Waals surface area contributed by atoms with E-state index in [1.165, 1.54) is 18.2 Å². The molecule has 0 aliphatic rings. The first-order chi connectivity index (χ1) is 14.6. The van der Waals surface area contributed by atoms with Crippen molar-refractivity contribution >= 4 is 32.7 Å². The zero-order valence-electron chi connectivity index (χ0n) is 14.9. The van der Waals surface area contributed by atoms with Gasteiger partial charge in [0.25, 0.3) is 0 Å². The Hall–Kier alpha value is -5.54. The number of pyridine rings is 3. The van der Waals surface area contributed by atoms with Crippen molar-refractivity contribution in [3.8, 4) is 42.7 Å². The number of terminal acetylenes is 1. The van der Waals surface area contributed by atoms with E-state index in [9.17, 15) is 26.3 Å². The Kier molecular flexibility index (Phi) is 3.91. The Morgan fingerprint density at radius 2 is 0.933 bits per heavy atom. The van der Waals surface area contributed by atoms with Gasteiger partial charge in [-0.05, 0) is 24.1 Å². The van der Waals surface area contributed by atoms with Crippen LogP contribution in [0, 0.1) is 69.0 Å². The van der Waals surface area contributed by atoms with Crippen LogP contribution in [0.1, 0.15) is 33.8 Å². The molecule has 4 rings (SSSR count). The molecule has 8 heteroatoms. The molecule has 132 valence electrons. The van der Waals surface area contributed by atoms with E-state index in [2.05, 4.69) is 20.9 Å². The number of benzene rings is 1. The Morgan fingerprint density at radius 3 is 1.43 bits per heavy atom. The second kappa shape index (κ2) is 6.56. The summed E-state index contributed by atoms with van der Waals surface area (Å²) in [5.41, 5.74) is 0.955. The number of hydrogen-bond donors (Lipinski definition) is 0. The topological polar surface area (TPSA) is 158 Å². The fourth-order valence-electron chi connectivity index (χ4n) is 3.23. The fourth-order valence-corrected chi connectivity index (χ4v) is 3.23. The minimum Gasteiger partial charge on any atom is -0.236 e. The highest BCUT2D eigenvalue weighted by Crippen LogP contribution is 2.35. The molecule has 0 amide bonds. The van der Waals surface area contributed by atoms with Crippen molar-refractivity contribution in [2.75, 3.05) is 0 Å². The average molecular weight is 380 g/mol. The first-order valence-electron chi connectivity index (χ1n) is 8.23. The fraction of sp³-hybridized carbons (Fsp3) is 0. The number of hydrogen-bond acceptors (Lipinski definition) is 8. The van der Waals surface area contributed by atoms with E-state index in [1.807, 2.05) is 30.3 Å². The van der Waals surface area contributed by atoms with Gasteiger partial charge in [-0.2, -0.15) is 26.3 Å². The summed E-state index contributed by atoms with van der Waals surface area (Å²) in [5, 5.41) is 48.2. The zero-order chi connectivity index (χ0) is 21.4. The second-order valence-corrected chi connectivity index (χ2v) is 6.05. The van der Waals surface area contributed by atoms with E-state index in [4.69, 9.17) is 6.42 Å². The molecule has 3 aromatic heterocycles. The van der Waals surface area contributed by atoms with Crippen LogP contribution >= 0.6 is 0 Å². The molecule has 0 spiro atoms. The monoisotopic (exact) mass is 380 g/mol. The van der Waals surface area contributed by atoms with Gasteiger partial charge in [0.2, 0.25) is 0 Å². The van der Waals surface area contributed by atoms with E-state index in [0.29, 0.717) is 21.7 Å². The predicted molar refractivity (Wildman–Crippen MR) is 104 cm³/mol. The van der Waals surface area contributed by atoms with Gasteiger partial charge in [0, 0.05) is 16.2 Å². The van der Waals surface area contributed by atoms with Gasteiger partial charge in [-0.15, -0.1) is 6.42 Å². The van der Waals surface area contributed by atoms with Gasteiger partial charge >= 0.3 is 0 Å². The first kappa shape index (κ1) is 17.9. The molecule has 0 saturated carbocycles. The second-order valence-electron chi connectivity index (χ2n) is 6.05. The summed E-state index contributed by atoms with van der Waals surface area (Å²) in [4.78, 5) is 13.0. The summed E-state index contributed by atoms with van der Waals surface area (Å²) < 4.78 is 0. The molecular formula is C22H4N8. The van der Waals surface area contributed by atoms with Gasteiger partial charge in [0.1, 0.15) is 41.6 Å². The molecule has 0 aliphatic heterocycles. The molecule has 0 radical (unpaired) electrons. The molecule has 8 nitrogen and oxygen atoms in total. The van der Waals surface area contributed by atoms with Gasteiger partial charge in [-0.1, -0.05) is 0 Å². The molecule has 1 aromatic carbocycles. The number of rotatable bonds is 0. The van der Waals surface area contributed by atoms with Crippen molar-refractivity contribution in [1.29, 1.82) is 26.3 Å². The molecule has 4 aromatic rings. The molecule has 0 unspecified atom stereocenters. The summed E-state index contributed by atoms with van der Waals surface area (Å²) in [6.07, 6.45) is 5.49. The molecule has 0 fully saturated rings. The minimum atomic E-state index is -0.0961. The Balaban J connectivity index is 2.42. The van der Waals surface area contributed by atoms with Crippen LogP contribution in [-0.4, -0.2) is 15.0 Å². The van der Waals surface area contributed by atoms with Crippen LogP contribution in [-0.2, 0) is 0 Å². The van der Waals surface area contributed by atoms with E-state index in [1.54, 1.807) is 0 Å². The van der Waals surface area contributed by atoms with Crippen LogP contribution in [0.4, 0.5) is 0 Å². The molecule has 3 heterocycles. The van der Waals surface area contributed by atoms with Crippen LogP contribution in [0.15, 0.2) is 18.2 Å². The maximum atomic E-state index is 9.43. The van der Waals surface area contributed by atoms with Gasteiger partial charge in [0.05, 0.1) is 27.7 Å². The first-order valence-corrected chi connectivity index (χ1v) is 8.23. The van der Waals surface area contributed by atoms with E-state index in [0.717, 1.165) is 0 Å². The standard InChI is InChI=1S/C22H4N8/c1-2-17-11(6-23)5-16-20-14(3-12(7-24)18(9-26)29-20)15-4-13(8-25)19(10-27)30-21(15)22(16)28-17/h1,3-5H. The maximum absolute atomic E-state index is 9.43. The van der Waals surface area contributed by atoms with Crippen molar-refractivity contribution in [3.63, 3.8) is 0 Å². The molecule has 0 atom stereocenters. The van der Waals surface area contributed by atoms with Crippen LogP contribution < -0.4 is 0 Å². The lowest BCUT2D eigenvalue weighted by atomic mass is 9.98. The highest BCUT2D eigenvalue weighted by atomic mass is 14.8. The highest BCUT2D eigenvalue weighted by molar-refractivity contribution is 6.22. The van der Waals surface area contributed by atoms with Gasteiger partial charge in [-0.25, -0.2) is 15.0 Å². The maximum Gasteiger partial charge on any atom is 0.159 e. The smallest absolute Gasteiger partial charge is 0.159 e. The molecule has 0 saturated heterocycles. The Bertz CT molecular complexity index is 1340. The van der Waals surface area contributed by atoms with Crippen molar-refractivity contribution in [2.45, 2.75) is 0 Å². The van der Waals surface area contributed by atoms with E-state index >= 15 is 0 Å². The average Bonchev–Trinajstić information content (AvgIpc) is 2.81.